The van der Waals surface area contributed by atoms with Gasteiger partial charge in [-0.2, -0.15) is 0 Å². The van der Waals surface area contributed by atoms with Crippen LogP contribution in [0.4, 0.5) is 0 Å². The van der Waals surface area contributed by atoms with Crippen molar-refractivity contribution in [2.45, 2.75) is 19.9 Å². The summed E-state index contributed by atoms with van der Waals surface area (Å²) in [6.07, 6.45) is 0.760. The molecule has 3 aromatic heterocycles. The first-order valence-corrected chi connectivity index (χ1v) is 7.51. The summed E-state index contributed by atoms with van der Waals surface area (Å²) in [5.74, 6) is 0.188. The molecule has 3 aromatic rings. The number of hydrogen-bond acceptors (Lipinski definition) is 6. The van der Waals surface area contributed by atoms with Gasteiger partial charge >= 0.3 is 5.76 Å². The molecule has 98 valence electrons. The first kappa shape index (κ1) is 12.3. The van der Waals surface area contributed by atoms with E-state index in [1.807, 2.05) is 29.9 Å². The molecule has 0 radical (unpaired) electrons. The maximum atomic E-state index is 11.7. The van der Waals surface area contributed by atoms with Crippen LogP contribution in [-0.4, -0.2) is 14.7 Å². The van der Waals surface area contributed by atoms with Crippen LogP contribution in [0.5, 0.6) is 0 Å². The van der Waals surface area contributed by atoms with E-state index >= 15 is 0 Å². The standard InChI is InChI=1S/C12H11N3O2S2/c1-8-9(19-7-13-8)4-5-15-11(14-17-12(15)16)10-3-2-6-18-10/h2-3,6-7H,4-5H2,1H3. The zero-order chi connectivity index (χ0) is 13.2. The Hall–Kier alpha value is -1.73. The van der Waals surface area contributed by atoms with E-state index in [4.69, 9.17) is 4.52 Å². The van der Waals surface area contributed by atoms with Crippen molar-refractivity contribution in [1.82, 2.24) is 14.7 Å². The van der Waals surface area contributed by atoms with E-state index in [9.17, 15) is 4.79 Å². The van der Waals surface area contributed by atoms with E-state index < -0.39 is 5.76 Å². The van der Waals surface area contributed by atoms with Gasteiger partial charge in [0.2, 0.25) is 0 Å². The first-order chi connectivity index (χ1) is 9.25. The third-order valence-electron chi connectivity index (χ3n) is 2.84. The molecule has 0 unspecified atom stereocenters. The molecule has 0 spiro atoms. The van der Waals surface area contributed by atoms with Gasteiger partial charge in [0.15, 0.2) is 5.82 Å². The van der Waals surface area contributed by atoms with Crippen molar-refractivity contribution < 1.29 is 4.52 Å². The summed E-state index contributed by atoms with van der Waals surface area (Å²) in [4.78, 5) is 18.0. The molecule has 7 heteroatoms. The fraction of sp³-hybridized carbons (Fsp3) is 0.250. The lowest BCUT2D eigenvalue weighted by molar-refractivity contribution is 0.376. The number of hydrogen-bond donors (Lipinski definition) is 0. The third kappa shape index (κ3) is 2.39. The van der Waals surface area contributed by atoms with Gasteiger partial charge in [0.05, 0.1) is 16.1 Å². The molecular formula is C12H11N3O2S2. The minimum Gasteiger partial charge on any atom is -0.295 e. The highest BCUT2D eigenvalue weighted by Gasteiger charge is 2.14. The van der Waals surface area contributed by atoms with E-state index in [-0.39, 0.29) is 0 Å². The Morgan fingerprint density at radius 2 is 2.32 bits per heavy atom. The van der Waals surface area contributed by atoms with Gasteiger partial charge in [0.1, 0.15) is 0 Å². The van der Waals surface area contributed by atoms with Crippen LogP contribution in [0, 0.1) is 6.92 Å². The number of nitrogens with zero attached hydrogens (tertiary/aromatic N) is 3. The summed E-state index contributed by atoms with van der Waals surface area (Å²) in [7, 11) is 0. The second-order valence-corrected chi connectivity index (χ2v) is 5.90. The number of thiazole rings is 1. The number of aromatic nitrogens is 3. The van der Waals surface area contributed by atoms with E-state index in [0.717, 1.165) is 17.0 Å². The molecular weight excluding hydrogens is 282 g/mol. The Labute approximate surface area is 117 Å². The van der Waals surface area contributed by atoms with Gasteiger partial charge < -0.3 is 0 Å². The van der Waals surface area contributed by atoms with Crippen LogP contribution in [0.15, 0.2) is 32.3 Å². The molecule has 0 atom stereocenters. The first-order valence-electron chi connectivity index (χ1n) is 5.75. The second-order valence-electron chi connectivity index (χ2n) is 4.01. The minimum atomic E-state index is -0.412. The number of thiophene rings is 1. The minimum absolute atomic E-state index is 0.412. The van der Waals surface area contributed by atoms with Crippen molar-refractivity contribution in [3.8, 4) is 10.7 Å². The van der Waals surface area contributed by atoms with Gasteiger partial charge in [-0.15, -0.1) is 22.7 Å². The smallest absolute Gasteiger partial charge is 0.295 e. The molecule has 5 nitrogen and oxygen atoms in total. The van der Waals surface area contributed by atoms with Crippen LogP contribution < -0.4 is 5.76 Å². The van der Waals surface area contributed by atoms with E-state index in [1.165, 1.54) is 16.2 Å². The summed E-state index contributed by atoms with van der Waals surface area (Å²) in [5.41, 5.74) is 2.84. The molecule has 19 heavy (non-hydrogen) atoms. The average Bonchev–Trinajstić information content (AvgIpc) is 3.09. The molecule has 0 aromatic carbocycles. The van der Waals surface area contributed by atoms with Gasteiger partial charge in [-0.05, 0) is 18.4 Å². The van der Waals surface area contributed by atoms with Crippen LogP contribution >= 0.6 is 22.7 Å². The molecule has 3 rings (SSSR count). The largest absolute Gasteiger partial charge is 0.441 e. The predicted octanol–water partition coefficient (Wildman–Crippen LogP) is 2.57. The van der Waals surface area contributed by atoms with Crippen molar-refractivity contribution in [1.29, 1.82) is 0 Å². The maximum absolute atomic E-state index is 11.7. The molecule has 0 fully saturated rings. The Morgan fingerprint density at radius 3 is 3.00 bits per heavy atom. The van der Waals surface area contributed by atoms with E-state index in [1.54, 1.807) is 15.9 Å². The SMILES string of the molecule is Cc1ncsc1CCn1c(-c2cccs2)noc1=O. The normalized spacial score (nSPS) is 11.0. The van der Waals surface area contributed by atoms with Crippen molar-refractivity contribution in [3.63, 3.8) is 0 Å². The molecule has 0 aliphatic carbocycles. The third-order valence-corrected chi connectivity index (χ3v) is 4.70. The Kier molecular flexibility index (Phi) is 3.31. The van der Waals surface area contributed by atoms with E-state index in [2.05, 4.69) is 10.1 Å². The zero-order valence-corrected chi connectivity index (χ0v) is 11.8. The lowest BCUT2D eigenvalue weighted by atomic mass is 10.3. The van der Waals surface area contributed by atoms with Gasteiger partial charge in [-0.3, -0.25) is 9.09 Å². The Morgan fingerprint density at radius 1 is 1.42 bits per heavy atom. The fourth-order valence-corrected chi connectivity index (χ4v) is 3.31. The topological polar surface area (TPSA) is 60.9 Å². The Bertz CT molecular complexity index is 724. The van der Waals surface area contributed by atoms with Crippen LogP contribution in [0.2, 0.25) is 0 Å². The number of aryl methyl sites for hydroxylation is 2. The fourth-order valence-electron chi connectivity index (χ4n) is 1.83. The van der Waals surface area contributed by atoms with E-state index in [0.29, 0.717) is 12.4 Å². The van der Waals surface area contributed by atoms with Gasteiger partial charge in [-0.1, -0.05) is 11.2 Å². The molecule has 0 aliphatic rings. The summed E-state index contributed by atoms with van der Waals surface area (Å²) in [5, 5.41) is 5.80. The quantitative estimate of drug-likeness (QED) is 0.741. The van der Waals surface area contributed by atoms with Crippen molar-refractivity contribution >= 4 is 22.7 Å². The second kappa shape index (κ2) is 5.10. The van der Waals surface area contributed by atoms with Crippen molar-refractivity contribution in [3.05, 3.63) is 44.1 Å². The molecule has 3 heterocycles. The highest BCUT2D eigenvalue weighted by Crippen LogP contribution is 2.22. The molecule has 0 aliphatic heterocycles. The summed E-state index contributed by atoms with van der Waals surface area (Å²) < 4.78 is 6.35. The van der Waals surface area contributed by atoms with Crippen LogP contribution in [0.1, 0.15) is 10.6 Å². The van der Waals surface area contributed by atoms with Crippen molar-refractivity contribution in [2.24, 2.45) is 0 Å². The zero-order valence-electron chi connectivity index (χ0n) is 10.2. The van der Waals surface area contributed by atoms with Gasteiger partial charge in [0.25, 0.3) is 0 Å². The Balaban J connectivity index is 1.87. The van der Waals surface area contributed by atoms with Crippen LogP contribution in [0.3, 0.4) is 0 Å². The summed E-state index contributed by atoms with van der Waals surface area (Å²) >= 11 is 3.14. The monoisotopic (exact) mass is 293 g/mol. The maximum Gasteiger partial charge on any atom is 0.441 e. The highest BCUT2D eigenvalue weighted by atomic mass is 32.1. The number of rotatable bonds is 4. The van der Waals surface area contributed by atoms with Crippen molar-refractivity contribution in [2.75, 3.05) is 0 Å². The summed E-state index contributed by atoms with van der Waals surface area (Å²) in [6.45, 7) is 2.53. The summed E-state index contributed by atoms with van der Waals surface area (Å²) in [6, 6.07) is 3.85. The molecule has 0 saturated carbocycles. The predicted molar refractivity (Wildman–Crippen MR) is 74.6 cm³/mol. The molecule has 0 bridgehead atoms. The molecule has 0 saturated heterocycles. The van der Waals surface area contributed by atoms with Gasteiger partial charge in [0, 0.05) is 17.8 Å². The molecule has 0 N–H and O–H groups in total. The van der Waals surface area contributed by atoms with Crippen LogP contribution in [0.25, 0.3) is 10.7 Å². The highest BCUT2D eigenvalue weighted by molar-refractivity contribution is 7.13. The lowest BCUT2D eigenvalue weighted by Gasteiger charge is -2.02. The average molecular weight is 293 g/mol. The lowest BCUT2D eigenvalue weighted by Crippen LogP contribution is -2.16. The van der Waals surface area contributed by atoms with Gasteiger partial charge in [-0.25, -0.2) is 9.78 Å². The molecule has 0 amide bonds. The van der Waals surface area contributed by atoms with Crippen LogP contribution in [-0.2, 0) is 13.0 Å².